The topological polar surface area (TPSA) is 52.3 Å². The standard InChI is InChI=1S/C12H25NO2/c1-10(2)6-5-9-15-12(14)8-4-7-11(3)13/h10-11H,4-9,13H2,1-3H3. The minimum atomic E-state index is -0.0839. The quantitative estimate of drug-likeness (QED) is 0.500. The molecule has 0 aromatic carbocycles. The van der Waals surface area contributed by atoms with E-state index in [2.05, 4.69) is 13.8 Å². The molecule has 0 aliphatic rings. The van der Waals surface area contributed by atoms with E-state index in [0.717, 1.165) is 25.7 Å². The van der Waals surface area contributed by atoms with Gasteiger partial charge in [0.05, 0.1) is 6.61 Å². The van der Waals surface area contributed by atoms with Crippen LogP contribution < -0.4 is 5.73 Å². The van der Waals surface area contributed by atoms with Crippen molar-refractivity contribution in [1.82, 2.24) is 0 Å². The summed E-state index contributed by atoms with van der Waals surface area (Å²) in [4.78, 5) is 11.2. The highest BCUT2D eigenvalue weighted by molar-refractivity contribution is 5.69. The summed E-state index contributed by atoms with van der Waals surface area (Å²) in [6.45, 7) is 6.86. The predicted molar refractivity (Wildman–Crippen MR) is 62.5 cm³/mol. The Labute approximate surface area is 93.4 Å². The van der Waals surface area contributed by atoms with E-state index in [1.165, 1.54) is 0 Å². The molecule has 0 fully saturated rings. The molecule has 3 nitrogen and oxygen atoms in total. The minimum Gasteiger partial charge on any atom is -0.466 e. The molecule has 0 rings (SSSR count). The second-order valence-electron chi connectivity index (χ2n) is 4.63. The number of carbonyl (C=O) groups is 1. The van der Waals surface area contributed by atoms with E-state index >= 15 is 0 Å². The molecule has 0 saturated carbocycles. The van der Waals surface area contributed by atoms with Crippen molar-refractivity contribution < 1.29 is 9.53 Å². The van der Waals surface area contributed by atoms with Crippen molar-refractivity contribution in [2.24, 2.45) is 11.7 Å². The van der Waals surface area contributed by atoms with Crippen molar-refractivity contribution in [2.75, 3.05) is 6.61 Å². The first-order valence-electron chi connectivity index (χ1n) is 5.93. The third-order valence-electron chi connectivity index (χ3n) is 2.23. The predicted octanol–water partition coefficient (Wildman–Crippen LogP) is 2.48. The van der Waals surface area contributed by atoms with Gasteiger partial charge in [-0.25, -0.2) is 0 Å². The van der Waals surface area contributed by atoms with Gasteiger partial charge in [0.1, 0.15) is 0 Å². The Morgan fingerprint density at radius 2 is 1.87 bits per heavy atom. The molecule has 2 N–H and O–H groups in total. The Hall–Kier alpha value is -0.570. The highest BCUT2D eigenvalue weighted by Crippen LogP contribution is 2.05. The summed E-state index contributed by atoms with van der Waals surface area (Å²) in [5.74, 6) is 0.598. The Bertz CT molecular complexity index is 167. The zero-order valence-corrected chi connectivity index (χ0v) is 10.3. The van der Waals surface area contributed by atoms with Crippen LogP contribution in [-0.4, -0.2) is 18.6 Å². The van der Waals surface area contributed by atoms with Crippen LogP contribution in [0.5, 0.6) is 0 Å². The van der Waals surface area contributed by atoms with Crippen molar-refractivity contribution in [3.63, 3.8) is 0 Å². The maximum absolute atomic E-state index is 11.2. The molecule has 0 heterocycles. The van der Waals surface area contributed by atoms with Crippen molar-refractivity contribution in [1.29, 1.82) is 0 Å². The molecule has 0 aliphatic heterocycles. The molecule has 1 atom stereocenters. The average Bonchev–Trinajstić information content (AvgIpc) is 2.11. The first-order valence-corrected chi connectivity index (χ1v) is 5.93. The molecule has 0 bridgehead atoms. The van der Waals surface area contributed by atoms with Crippen LogP contribution in [0.1, 0.15) is 52.9 Å². The molecular formula is C12H25NO2. The van der Waals surface area contributed by atoms with Crippen molar-refractivity contribution in [3.05, 3.63) is 0 Å². The van der Waals surface area contributed by atoms with Gasteiger partial charge in [-0.2, -0.15) is 0 Å². The van der Waals surface area contributed by atoms with Crippen molar-refractivity contribution in [2.45, 2.75) is 58.9 Å². The Kier molecular flexibility index (Phi) is 8.38. The molecule has 3 heteroatoms. The second-order valence-corrected chi connectivity index (χ2v) is 4.63. The van der Waals surface area contributed by atoms with Gasteiger partial charge in [0.25, 0.3) is 0 Å². The van der Waals surface area contributed by atoms with E-state index < -0.39 is 0 Å². The summed E-state index contributed by atoms with van der Waals surface area (Å²) in [6.07, 6.45) is 4.31. The van der Waals surface area contributed by atoms with Crippen molar-refractivity contribution >= 4 is 5.97 Å². The molecule has 0 aromatic rings. The fourth-order valence-electron chi connectivity index (χ4n) is 1.32. The van der Waals surface area contributed by atoms with Crippen LogP contribution in [0.15, 0.2) is 0 Å². The minimum absolute atomic E-state index is 0.0839. The van der Waals surface area contributed by atoms with Crippen LogP contribution in [0.25, 0.3) is 0 Å². The zero-order valence-electron chi connectivity index (χ0n) is 10.3. The van der Waals surface area contributed by atoms with Crippen LogP contribution in [0.2, 0.25) is 0 Å². The fourth-order valence-corrected chi connectivity index (χ4v) is 1.32. The lowest BCUT2D eigenvalue weighted by atomic mass is 10.1. The number of ether oxygens (including phenoxy) is 1. The number of esters is 1. The summed E-state index contributed by atoms with van der Waals surface area (Å²) in [6, 6.07) is 0.179. The van der Waals surface area contributed by atoms with Gasteiger partial charge < -0.3 is 10.5 Å². The second kappa shape index (κ2) is 8.72. The Balaban J connectivity index is 3.26. The van der Waals surface area contributed by atoms with Crippen LogP contribution in [0.4, 0.5) is 0 Å². The Morgan fingerprint density at radius 1 is 1.20 bits per heavy atom. The monoisotopic (exact) mass is 215 g/mol. The molecular weight excluding hydrogens is 190 g/mol. The maximum atomic E-state index is 11.2. The van der Waals surface area contributed by atoms with Crippen molar-refractivity contribution in [3.8, 4) is 0 Å². The van der Waals surface area contributed by atoms with Gasteiger partial charge in [0.15, 0.2) is 0 Å². The first-order chi connectivity index (χ1) is 7.02. The van der Waals surface area contributed by atoms with Gasteiger partial charge in [-0.1, -0.05) is 13.8 Å². The molecule has 0 spiro atoms. The summed E-state index contributed by atoms with van der Waals surface area (Å²) < 4.78 is 5.09. The lowest BCUT2D eigenvalue weighted by Crippen LogP contribution is -2.15. The number of hydrogen-bond donors (Lipinski definition) is 1. The van der Waals surface area contributed by atoms with Crippen LogP contribution in [0, 0.1) is 5.92 Å². The molecule has 0 aromatic heterocycles. The van der Waals surface area contributed by atoms with Gasteiger partial charge in [-0.3, -0.25) is 4.79 Å². The lowest BCUT2D eigenvalue weighted by Gasteiger charge is -2.07. The highest BCUT2D eigenvalue weighted by atomic mass is 16.5. The SMILES string of the molecule is CC(C)CCCOC(=O)CCCC(C)N. The van der Waals surface area contributed by atoms with Crippen LogP contribution in [-0.2, 0) is 9.53 Å². The Morgan fingerprint density at radius 3 is 2.40 bits per heavy atom. The van der Waals surface area contributed by atoms with E-state index in [9.17, 15) is 4.79 Å². The summed E-state index contributed by atoms with van der Waals surface area (Å²) in [5, 5.41) is 0. The summed E-state index contributed by atoms with van der Waals surface area (Å²) >= 11 is 0. The molecule has 0 aliphatic carbocycles. The van der Waals surface area contributed by atoms with E-state index in [-0.39, 0.29) is 12.0 Å². The third kappa shape index (κ3) is 11.4. The lowest BCUT2D eigenvalue weighted by molar-refractivity contribution is -0.143. The van der Waals surface area contributed by atoms with Crippen LogP contribution in [0.3, 0.4) is 0 Å². The summed E-state index contributed by atoms with van der Waals surface area (Å²) in [7, 11) is 0. The molecule has 0 amide bonds. The number of carbonyl (C=O) groups excluding carboxylic acids is 1. The maximum Gasteiger partial charge on any atom is 0.305 e. The van der Waals surface area contributed by atoms with Gasteiger partial charge >= 0.3 is 5.97 Å². The third-order valence-corrected chi connectivity index (χ3v) is 2.23. The van der Waals surface area contributed by atoms with E-state index in [0.29, 0.717) is 18.9 Å². The molecule has 15 heavy (non-hydrogen) atoms. The molecule has 0 saturated heterocycles. The average molecular weight is 215 g/mol. The van der Waals surface area contributed by atoms with Gasteiger partial charge in [-0.05, 0) is 38.5 Å². The normalized spacial score (nSPS) is 12.9. The van der Waals surface area contributed by atoms with E-state index in [4.69, 9.17) is 10.5 Å². The largest absolute Gasteiger partial charge is 0.466 e. The molecule has 0 radical (unpaired) electrons. The van der Waals surface area contributed by atoms with E-state index in [1.807, 2.05) is 6.92 Å². The number of hydrogen-bond acceptors (Lipinski definition) is 3. The fraction of sp³-hybridized carbons (Fsp3) is 0.917. The first kappa shape index (κ1) is 14.4. The van der Waals surface area contributed by atoms with Gasteiger partial charge in [0, 0.05) is 12.5 Å². The summed E-state index contributed by atoms with van der Waals surface area (Å²) in [5.41, 5.74) is 5.58. The number of nitrogens with two attached hydrogens (primary N) is 1. The van der Waals surface area contributed by atoms with Gasteiger partial charge in [-0.15, -0.1) is 0 Å². The molecule has 1 unspecified atom stereocenters. The molecule has 90 valence electrons. The highest BCUT2D eigenvalue weighted by Gasteiger charge is 2.03. The van der Waals surface area contributed by atoms with Gasteiger partial charge in [0.2, 0.25) is 0 Å². The zero-order chi connectivity index (χ0) is 11.7. The van der Waals surface area contributed by atoms with E-state index in [1.54, 1.807) is 0 Å². The van der Waals surface area contributed by atoms with Crippen LogP contribution >= 0.6 is 0 Å². The number of rotatable bonds is 8. The smallest absolute Gasteiger partial charge is 0.305 e.